The van der Waals surface area contributed by atoms with E-state index in [4.69, 9.17) is 4.52 Å². The molecule has 2 aromatic heterocycles. The lowest BCUT2D eigenvalue weighted by atomic mass is 10.1. The number of hydrogen-bond acceptors (Lipinski definition) is 5. The van der Waals surface area contributed by atoms with Crippen molar-refractivity contribution in [3.05, 3.63) is 29.8 Å². The Kier molecular flexibility index (Phi) is 4.74. The number of amides is 1. The highest BCUT2D eigenvalue weighted by molar-refractivity contribution is 5.77. The highest BCUT2D eigenvalue weighted by atomic mass is 19.4. The summed E-state index contributed by atoms with van der Waals surface area (Å²) < 4.78 is 43.5. The van der Waals surface area contributed by atoms with E-state index in [0.29, 0.717) is 6.54 Å². The van der Waals surface area contributed by atoms with E-state index in [0.717, 1.165) is 24.9 Å². The van der Waals surface area contributed by atoms with Gasteiger partial charge >= 0.3 is 6.18 Å². The van der Waals surface area contributed by atoms with E-state index in [1.807, 2.05) is 6.92 Å². The van der Waals surface area contributed by atoms with Crippen molar-refractivity contribution in [3.63, 3.8) is 0 Å². The van der Waals surface area contributed by atoms with Gasteiger partial charge in [-0.1, -0.05) is 12.1 Å². The molecule has 2 aromatic rings. The summed E-state index contributed by atoms with van der Waals surface area (Å²) in [5, 5.41) is 6.13. The lowest BCUT2D eigenvalue weighted by Crippen LogP contribution is -2.26. The van der Waals surface area contributed by atoms with Crippen molar-refractivity contribution in [2.75, 3.05) is 6.54 Å². The predicted octanol–water partition coefficient (Wildman–Crippen LogP) is 2.22. The first-order chi connectivity index (χ1) is 10.4. The Morgan fingerprint density at radius 3 is 2.86 bits per heavy atom. The number of rotatable bonds is 5. The first-order valence-corrected chi connectivity index (χ1v) is 6.52. The highest BCUT2D eigenvalue weighted by Crippen LogP contribution is 2.35. The number of hydrogen-bond donors (Lipinski definition) is 1. The van der Waals surface area contributed by atoms with Crippen LogP contribution < -0.4 is 5.32 Å². The summed E-state index contributed by atoms with van der Waals surface area (Å²) in [7, 11) is 0. The average molecular weight is 314 g/mol. The van der Waals surface area contributed by atoms with Crippen LogP contribution in [-0.4, -0.2) is 27.6 Å². The molecule has 0 radical (unpaired) electrons. The molecule has 0 unspecified atom stereocenters. The Hall–Kier alpha value is -2.45. The first kappa shape index (κ1) is 15.9. The molecule has 0 bridgehead atoms. The molecule has 0 aliphatic heterocycles. The van der Waals surface area contributed by atoms with Gasteiger partial charge in [-0.3, -0.25) is 9.78 Å². The van der Waals surface area contributed by atoms with Gasteiger partial charge in [0.05, 0.1) is 17.5 Å². The third kappa shape index (κ3) is 3.80. The second kappa shape index (κ2) is 6.54. The fourth-order valence-corrected chi connectivity index (χ4v) is 1.72. The Morgan fingerprint density at radius 1 is 1.41 bits per heavy atom. The third-order valence-electron chi connectivity index (χ3n) is 2.72. The van der Waals surface area contributed by atoms with E-state index < -0.39 is 11.7 Å². The molecule has 9 heteroatoms. The first-order valence-electron chi connectivity index (χ1n) is 6.52. The molecule has 1 amide bonds. The van der Waals surface area contributed by atoms with E-state index in [2.05, 4.69) is 20.4 Å². The quantitative estimate of drug-likeness (QED) is 0.915. The molecule has 0 saturated carbocycles. The Balaban J connectivity index is 2.20. The molecule has 118 valence electrons. The number of pyridine rings is 1. The van der Waals surface area contributed by atoms with Gasteiger partial charge in [-0.2, -0.15) is 18.2 Å². The smallest absolute Gasteiger partial charge is 0.356 e. The van der Waals surface area contributed by atoms with Gasteiger partial charge in [0.2, 0.25) is 5.91 Å². The van der Waals surface area contributed by atoms with Gasteiger partial charge in [0.15, 0.2) is 5.82 Å². The predicted molar refractivity (Wildman–Crippen MR) is 69.5 cm³/mol. The van der Waals surface area contributed by atoms with Crippen molar-refractivity contribution in [2.45, 2.75) is 25.9 Å². The minimum atomic E-state index is -4.56. The highest BCUT2D eigenvalue weighted by Gasteiger charge is 2.35. The number of carbonyl (C=O) groups is 1. The Morgan fingerprint density at radius 2 is 2.18 bits per heavy atom. The average Bonchev–Trinajstić information content (AvgIpc) is 2.92. The van der Waals surface area contributed by atoms with Gasteiger partial charge in [-0.05, 0) is 12.5 Å². The molecule has 2 heterocycles. The minimum Gasteiger partial charge on any atom is -0.356 e. The summed E-state index contributed by atoms with van der Waals surface area (Å²) >= 11 is 0. The van der Waals surface area contributed by atoms with Crippen LogP contribution in [0.1, 0.15) is 24.7 Å². The normalized spacial score (nSPS) is 11.5. The summed E-state index contributed by atoms with van der Waals surface area (Å²) in [6.07, 6.45) is -1.93. The van der Waals surface area contributed by atoms with Crippen molar-refractivity contribution >= 4 is 5.91 Å². The second-order valence-corrected chi connectivity index (χ2v) is 4.46. The van der Waals surface area contributed by atoms with Gasteiger partial charge in [0, 0.05) is 18.9 Å². The van der Waals surface area contributed by atoms with Crippen LogP contribution in [0.3, 0.4) is 0 Å². The van der Waals surface area contributed by atoms with Crippen molar-refractivity contribution in [1.82, 2.24) is 20.4 Å². The zero-order chi connectivity index (χ0) is 16.2. The van der Waals surface area contributed by atoms with Crippen molar-refractivity contribution in [3.8, 4) is 11.5 Å². The minimum absolute atomic E-state index is 0.0144. The van der Waals surface area contributed by atoms with E-state index in [-0.39, 0.29) is 29.6 Å². The molecule has 2 rings (SSSR count). The summed E-state index contributed by atoms with van der Waals surface area (Å²) in [5.74, 6) is -0.629. The maximum absolute atomic E-state index is 12.9. The second-order valence-electron chi connectivity index (χ2n) is 4.46. The summed E-state index contributed by atoms with van der Waals surface area (Å²) in [5.41, 5.74) is -1.24. The molecule has 1 N–H and O–H groups in total. The number of nitrogens with one attached hydrogen (secondary N) is 1. The van der Waals surface area contributed by atoms with Crippen molar-refractivity contribution < 1.29 is 22.5 Å². The van der Waals surface area contributed by atoms with E-state index in [1.54, 1.807) is 0 Å². The largest absolute Gasteiger partial charge is 0.417 e. The molecule has 22 heavy (non-hydrogen) atoms. The van der Waals surface area contributed by atoms with Gasteiger partial charge < -0.3 is 9.84 Å². The molecule has 0 saturated heterocycles. The topological polar surface area (TPSA) is 80.9 Å². The van der Waals surface area contributed by atoms with E-state index >= 15 is 0 Å². The molecule has 0 fully saturated rings. The number of carbonyl (C=O) groups excluding carboxylic acids is 1. The van der Waals surface area contributed by atoms with E-state index in [1.165, 1.54) is 0 Å². The fraction of sp³-hybridized carbons (Fsp3) is 0.385. The van der Waals surface area contributed by atoms with E-state index in [9.17, 15) is 18.0 Å². The maximum atomic E-state index is 12.9. The Bertz CT molecular complexity index is 655. The van der Waals surface area contributed by atoms with Gasteiger partial charge in [-0.25, -0.2) is 0 Å². The summed E-state index contributed by atoms with van der Waals surface area (Å²) in [6, 6.07) is 0.827. The lowest BCUT2D eigenvalue weighted by molar-refractivity contribution is -0.137. The molecule has 6 nitrogen and oxygen atoms in total. The standard InChI is InChI=1S/C13H13F3N4O2/c1-2-4-18-11(21)6-10-19-12(22-20-10)8-7-17-5-3-9(8)13(14,15)16/h3,5,7H,2,4,6H2,1H3,(H,18,21). The van der Waals surface area contributed by atoms with Crippen LogP contribution in [0.25, 0.3) is 11.5 Å². The van der Waals surface area contributed by atoms with Crippen LogP contribution in [0.15, 0.2) is 23.0 Å². The van der Waals surface area contributed by atoms with Crippen LogP contribution >= 0.6 is 0 Å². The zero-order valence-electron chi connectivity index (χ0n) is 11.6. The van der Waals surface area contributed by atoms with Crippen LogP contribution in [0, 0.1) is 0 Å². The maximum Gasteiger partial charge on any atom is 0.417 e. The fourth-order valence-electron chi connectivity index (χ4n) is 1.72. The number of aromatic nitrogens is 3. The van der Waals surface area contributed by atoms with Crippen LogP contribution in [-0.2, 0) is 17.4 Å². The van der Waals surface area contributed by atoms with Gasteiger partial charge in [0.1, 0.15) is 0 Å². The molecule has 0 atom stereocenters. The van der Waals surface area contributed by atoms with Gasteiger partial charge in [-0.15, -0.1) is 0 Å². The monoisotopic (exact) mass is 314 g/mol. The molecule has 0 spiro atoms. The van der Waals surface area contributed by atoms with Crippen LogP contribution in [0.5, 0.6) is 0 Å². The third-order valence-corrected chi connectivity index (χ3v) is 2.72. The molecule has 0 aliphatic carbocycles. The zero-order valence-corrected chi connectivity index (χ0v) is 11.6. The Labute approximate surface area is 123 Å². The number of nitrogens with zero attached hydrogens (tertiary/aromatic N) is 3. The molecular formula is C13H13F3N4O2. The molecule has 0 aliphatic rings. The van der Waals surface area contributed by atoms with Crippen LogP contribution in [0.2, 0.25) is 0 Å². The lowest BCUT2D eigenvalue weighted by Gasteiger charge is -2.08. The van der Waals surface area contributed by atoms with Crippen molar-refractivity contribution in [1.29, 1.82) is 0 Å². The van der Waals surface area contributed by atoms with Gasteiger partial charge in [0.25, 0.3) is 5.89 Å². The SMILES string of the molecule is CCCNC(=O)Cc1noc(-c2cnccc2C(F)(F)F)n1. The molecular weight excluding hydrogens is 301 g/mol. The number of halogens is 3. The number of alkyl halides is 3. The van der Waals surface area contributed by atoms with Crippen LogP contribution in [0.4, 0.5) is 13.2 Å². The summed E-state index contributed by atoms with van der Waals surface area (Å²) in [6.45, 7) is 2.40. The summed E-state index contributed by atoms with van der Waals surface area (Å²) in [4.78, 5) is 19.0. The van der Waals surface area contributed by atoms with Crippen molar-refractivity contribution in [2.24, 2.45) is 0 Å². The molecule has 0 aromatic carbocycles.